The number of hydrogen-bond donors (Lipinski definition) is 0. The van der Waals surface area contributed by atoms with E-state index in [0.29, 0.717) is 0 Å². The number of benzene rings is 6. The third-order valence-corrected chi connectivity index (χ3v) is 13.3. The lowest BCUT2D eigenvalue weighted by molar-refractivity contribution is 0.591. The van der Waals surface area contributed by atoms with Crippen LogP contribution in [-0.2, 0) is 9.13 Å². The zero-order chi connectivity index (χ0) is 27.4. The molecule has 0 aromatic heterocycles. The highest BCUT2D eigenvalue weighted by atomic mass is 31.2. The van der Waals surface area contributed by atoms with Crippen LogP contribution >= 0.6 is 14.3 Å². The molecule has 6 rings (SSSR count). The van der Waals surface area contributed by atoms with Crippen molar-refractivity contribution in [2.45, 2.75) is 0 Å². The van der Waals surface area contributed by atoms with Crippen LogP contribution in [0.25, 0.3) is 11.1 Å². The van der Waals surface area contributed by atoms with Crippen molar-refractivity contribution in [1.82, 2.24) is 0 Å². The van der Waals surface area contributed by atoms with Gasteiger partial charge < -0.3 is 9.13 Å². The van der Waals surface area contributed by atoms with Gasteiger partial charge in [-0.15, -0.1) is 0 Å². The van der Waals surface area contributed by atoms with Crippen molar-refractivity contribution in [3.05, 3.63) is 170 Å². The van der Waals surface area contributed by atoms with E-state index in [-0.39, 0.29) is 0 Å². The monoisotopic (exact) mass is 554 g/mol. The summed E-state index contributed by atoms with van der Waals surface area (Å²) >= 11 is 0. The molecular weight excluding hydrogens is 526 g/mol. The quantitative estimate of drug-likeness (QED) is 0.208. The van der Waals surface area contributed by atoms with Crippen molar-refractivity contribution in [3.8, 4) is 11.1 Å². The van der Waals surface area contributed by atoms with Crippen molar-refractivity contribution < 1.29 is 9.13 Å². The number of hydrogen-bond acceptors (Lipinski definition) is 2. The van der Waals surface area contributed by atoms with Gasteiger partial charge >= 0.3 is 0 Å². The maximum Gasteiger partial charge on any atom is 0.171 e. The van der Waals surface area contributed by atoms with Gasteiger partial charge in [-0.25, -0.2) is 0 Å². The molecule has 0 atom stereocenters. The van der Waals surface area contributed by atoms with Gasteiger partial charge in [-0.2, -0.15) is 0 Å². The molecule has 0 amide bonds. The fourth-order valence-corrected chi connectivity index (χ4v) is 10.6. The van der Waals surface area contributed by atoms with Crippen LogP contribution < -0.4 is 31.8 Å². The summed E-state index contributed by atoms with van der Waals surface area (Å²) in [6.07, 6.45) is 0. The van der Waals surface area contributed by atoms with E-state index < -0.39 is 14.3 Å². The Morgan fingerprint density at radius 3 is 0.800 bits per heavy atom. The van der Waals surface area contributed by atoms with Crippen LogP contribution in [0.5, 0.6) is 0 Å². The molecule has 0 aliphatic heterocycles. The van der Waals surface area contributed by atoms with E-state index in [9.17, 15) is 9.13 Å². The van der Waals surface area contributed by atoms with Gasteiger partial charge in [-0.1, -0.05) is 158 Å². The van der Waals surface area contributed by atoms with Crippen LogP contribution in [0.1, 0.15) is 0 Å². The summed E-state index contributed by atoms with van der Waals surface area (Å²) in [4.78, 5) is 0. The van der Waals surface area contributed by atoms with E-state index in [2.05, 4.69) is 0 Å². The first-order valence-corrected chi connectivity index (χ1v) is 16.7. The van der Waals surface area contributed by atoms with Crippen LogP contribution in [-0.4, -0.2) is 0 Å². The Bertz CT molecular complexity index is 1610. The molecule has 0 saturated heterocycles. The lowest BCUT2D eigenvalue weighted by Crippen LogP contribution is -2.25. The van der Waals surface area contributed by atoms with Crippen molar-refractivity contribution in [1.29, 1.82) is 0 Å². The van der Waals surface area contributed by atoms with Gasteiger partial charge in [0.05, 0.1) is 0 Å². The van der Waals surface area contributed by atoms with Crippen molar-refractivity contribution in [2.75, 3.05) is 0 Å². The Labute approximate surface area is 235 Å². The van der Waals surface area contributed by atoms with Gasteiger partial charge in [0.2, 0.25) is 0 Å². The first-order valence-electron chi connectivity index (χ1n) is 13.2. The second-order valence-corrected chi connectivity index (χ2v) is 15.2. The molecule has 0 saturated carbocycles. The summed E-state index contributed by atoms with van der Waals surface area (Å²) in [6, 6.07) is 54.7. The number of rotatable bonds is 7. The highest BCUT2D eigenvalue weighted by Gasteiger charge is 2.31. The molecule has 0 radical (unpaired) electrons. The molecule has 2 nitrogen and oxygen atoms in total. The minimum absolute atomic E-state index is 0.766. The predicted octanol–water partition coefficient (Wildman–Crippen LogP) is 6.63. The molecular formula is C36H28O2P2. The van der Waals surface area contributed by atoms with Gasteiger partial charge in [0.15, 0.2) is 14.3 Å². The standard InChI is InChI=1S/C36H28O2P2/c37-39(31-17-5-1-6-18-31,32-19-7-2-8-20-32)35-25-13-15-29(27-35)30-16-14-26-36(28-30)40(38,33-21-9-3-10-22-33)34-23-11-4-12-24-34/h1-28H. The van der Waals surface area contributed by atoms with Gasteiger partial charge in [0, 0.05) is 31.8 Å². The molecule has 194 valence electrons. The van der Waals surface area contributed by atoms with Crippen LogP contribution in [0.4, 0.5) is 0 Å². The van der Waals surface area contributed by atoms with Crippen molar-refractivity contribution in [3.63, 3.8) is 0 Å². The molecule has 0 aliphatic rings. The second kappa shape index (κ2) is 11.1. The maximum atomic E-state index is 15.0. The molecule has 6 aromatic carbocycles. The third-order valence-electron chi connectivity index (χ3n) is 7.23. The summed E-state index contributed by atoms with van der Waals surface area (Å²) < 4.78 is 29.9. The maximum absolute atomic E-state index is 15.0. The van der Waals surface area contributed by atoms with Crippen molar-refractivity contribution >= 4 is 46.1 Å². The minimum atomic E-state index is -3.12. The predicted molar refractivity (Wildman–Crippen MR) is 171 cm³/mol. The van der Waals surface area contributed by atoms with E-state index in [0.717, 1.165) is 43.0 Å². The van der Waals surface area contributed by atoms with Crippen LogP contribution in [0, 0.1) is 0 Å². The SMILES string of the molecule is O=P(c1ccccc1)(c1ccccc1)c1cccc(-c2cccc(P(=O)(c3ccccc3)c3ccccc3)c2)c1. The first kappa shape index (κ1) is 26.0. The van der Waals surface area contributed by atoms with Crippen LogP contribution in [0.2, 0.25) is 0 Å². The van der Waals surface area contributed by atoms with E-state index in [1.165, 1.54) is 0 Å². The zero-order valence-corrected chi connectivity index (χ0v) is 23.7. The Hall–Kier alpha value is -4.22. The Morgan fingerprint density at radius 1 is 0.275 bits per heavy atom. The molecule has 0 heterocycles. The first-order chi connectivity index (χ1) is 19.6. The molecule has 0 aliphatic carbocycles. The Balaban J connectivity index is 1.50. The molecule has 0 N–H and O–H groups in total. The average Bonchev–Trinajstić information content (AvgIpc) is 3.06. The second-order valence-electron chi connectivity index (χ2n) is 9.66. The third kappa shape index (κ3) is 4.71. The zero-order valence-electron chi connectivity index (χ0n) is 21.9. The molecule has 0 fully saturated rings. The van der Waals surface area contributed by atoms with Gasteiger partial charge in [-0.3, -0.25) is 0 Å². The average molecular weight is 555 g/mol. The molecule has 0 spiro atoms. The fraction of sp³-hybridized carbons (Fsp3) is 0. The lowest BCUT2D eigenvalue weighted by Gasteiger charge is -2.22. The summed E-state index contributed by atoms with van der Waals surface area (Å²) in [6.45, 7) is 0. The summed E-state index contributed by atoms with van der Waals surface area (Å²) in [5.74, 6) is 0. The highest BCUT2D eigenvalue weighted by molar-refractivity contribution is 7.85. The summed E-state index contributed by atoms with van der Waals surface area (Å²) in [7, 11) is -6.24. The largest absolute Gasteiger partial charge is 0.309 e. The normalized spacial score (nSPS) is 11.7. The molecule has 0 unspecified atom stereocenters. The summed E-state index contributed by atoms with van der Waals surface area (Å²) in [5.41, 5.74) is 1.86. The lowest BCUT2D eigenvalue weighted by atomic mass is 10.1. The Kier molecular flexibility index (Phi) is 7.23. The summed E-state index contributed by atoms with van der Waals surface area (Å²) in [5, 5.41) is 4.72. The van der Waals surface area contributed by atoms with Gasteiger partial charge in [0.1, 0.15) is 0 Å². The van der Waals surface area contributed by atoms with Crippen molar-refractivity contribution in [2.24, 2.45) is 0 Å². The fourth-order valence-electron chi connectivity index (χ4n) is 5.21. The molecule has 6 aromatic rings. The van der Waals surface area contributed by atoms with E-state index in [1.807, 2.05) is 170 Å². The highest BCUT2D eigenvalue weighted by Crippen LogP contribution is 2.44. The van der Waals surface area contributed by atoms with E-state index in [1.54, 1.807) is 0 Å². The minimum Gasteiger partial charge on any atom is -0.309 e. The topological polar surface area (TPSA) is 34.1 Å². The van der Waals surface area contributed by atoms with Gasteiger partial charge in [0.25, 0.3) is 0 Å². The molecule has 4 heteroatoms. The smallest absolute Gasteiger partial charge is 0.171 e. The van der Waals surface area contributed by atoms with E-state index >= 15 is 0 Å². The van der Waals surface area contributed by atoms with Gasteiger partial charge in [-0.05, 0) is 23.3 Å². The van der Waals surface area contributed by atoms with Crippen LogP contribution in [0.3, 0.4) is 0 Å². The molecule has 0 bridgehead atoms. The molecule has 40 heavy (non-hydrogen) atoms. The van der Waals surface area contributed by atoms with Crippen LogP contribution in [0.15, 0.2) is 170 Å². The van der Waals surface area contributed by atoms with E-state index in [4.69, 9.17) is 0 Å². The Morgan fingerprint density at radius 2 is 0.525 bits per heavy atom.